The monoisotopic (exact) mass is 188 g/mol. The van der Waals surface area contributed by atoms with E-state index in [0.29, 0.717) is 6.54 Å². The van der Waals surface area contributed by atoms with E-state index < -0.39 is 0 Å². The van der Waals surface area contributed by atoms with Crippen molar-refractivity contribution in [2.24, 2.45) is 0 Å². The average molecular weight is 188 g/mol. The molecule has 0 amide bonds. The number of hydrogen-bond donors (Lipinski definition) is 0. The maximum Gasteiger partial charge on any atom is 0.180 e. The number of benzene rings is 1. The molecular formula is C12H16N2. The van der Waals surface area contributed by atoms with Gasteiger partial charge in [-0.05, 0) is 26.3 Å². The van der Waals surface area contributed by atoms with Crippen molar-refractivity contribution in [1.82, 2.24) is 4.90 Å². The summed E-state index contributed by atoms with van der Waals surface area (Å²) in [7, 11) is 0. The molecule has 0 aromatic heterocycles. The Morgan fingerprint density at radius 2 is 1.79 bits per heavy atom. The molecule has 2 heteroatoms. The van der Waals surface area contributed by atoms with Gasteiger partial charge in [-0.3, -0.25) is 0 Å². The Hall–Kier alpha value is -1.49. The van der Waals surface area contributed by atoms with Gasteiger partial charge in [-0.1, -0.05) is 30.3 Å². The van der Waals surface area contributed by atoms with E-state index in [-0.39, 0.29) is 5.54 Å². The summed E-state index contributed by atoms with van der Waals surface area (Å²) in [5, 5.41) is 9.00. The molecular weight excluding hydrogens is 172 g/mol. The second-order valence-corrected chi connectivity index (χ2v) is 4.34. The lowest BCUT2D eigenvalue weighted by atomic mass is 10.1. The molecule has 2 nitrogen and oxygen atoms in total. The molecule has 0 aliphatic heterocycles. The molecule has 0 unspecified atom stereocenters. The van der Waals surface area contributed by atoms with Crippen molar-refractivity contribution in [3.8, 4) is 6.19 Å². The summed E-state index contributed by atoms with van der Waals surface area (Å²) in [5.41, 5.74) is 1.06. The highest BCUT2D eigenvalue weighted by atomic mass is 15.2. The molecule has 0 saturated carbocycles. The second-order valence-electron chi connectivity index (χ2n) is 4.34. The van der Waals surface area contributed by atoms with Gasteiger partial charge in [-0.25, -0.2) is 0 Å². The lowest BCUT2D eigenvalue weighted by Crippen LogP contribution is -2.36. The van der Waals surface area contributed by atoms with E-state index in [4.69, 9.17) is 5.26 Å². The Labute approximate surface area is 85.8 Å². The van der Waals surface area contributed by atoms with E-state index in [1.54, 1.807) is 4.90 Å². The van der Waals surface area contributed by atoms with Gasteiger partial charge in [-0.2, -0.15) is 5.26 Å². The first-order chi connectivity index (χ1) is 6.54. The predicted octanol–water partition coefficient (Wildman–Crippen LogP) is 2.77. The van der Waals surface area contributed by atoms with Crippen LogP contribution in [0.2, 0.25) is 0 Å². The molecule has 0 heterocycles. The van der Waals surface area contributed by atoms with E-state index in [2.05, 4.69) is 6.19 Å². The fourth-order valence-electron chi connectivity index (χ4n) is 1.19. The van der Waals surface area contributed by atoms with Crippen LogP contribution in [0.25, 0.3) is 0 Å². The van der Waals surface area contributed by atoms with Crippen LogP contribution in [0.3, 0.4) is 0 Å². The molecule has 74 valence electrons. The van der Waals surface area contributed by atoms with Gasteiger partial charge >= 0.3 is 0 Å². The second kappa shape index (κ2) is 4.15. The van der Waals surface area contributed by atoms with Crippen molar-refractivity contribution in [1.29, 1.82) is 5.26 Å². The Balaban J connectivity index is 2.74. The summed E-state index contributed by atoms with van der Waals surface area (Å²) < 4.78 is 0. The third-order valence-electron chi connectivity index (χ3n) is 2.11. The van der Waals surface area contributed by atoms with Gasteiger partial charge in [-0.15, -0.1) is 0 Å². The van der Waals surface area contributed by atoms with E-state index in [9.17, 15) is 0 Å². The summed E-state index contributed by atoms with van der Waals surface area (Å²) in [6.07, 6.45) is 2.22. The van der Waals surface area contributed by atoms with Gasteiger partial charge in [0.15, 0.2) is 6.19 Å². The average Bonchev–Trinajstić information content (AvgIpc) is 2.14. The minimum absolute atomic E-state index is 0.107. The molecule has 0 aliphatic rings. The number of nitriles is 1. The van der Waals surface area contributed by atoms with E-state index in [1.807, 2.05) is 51.1 Å². The molecule has 0 spiro atoms. The maximum atomic E-state index is 9.00. The summed E-state index contributed by atoms with van der Waals surface area (Å²) in [6, 6.07) is 10.0. The van der Waals surface area contributed by atoms with Gasteiger partial charge in [0, 0.05) is 5.54 Å². The molecule has 0 N–H and O–H groups in total. The zero-order valence-electron chi connectivity index (χ0n) is 8.99. The zero-order chi connectivity index (χ0) is 10.6. The highest BCUT2D eigenvalue weighted by Crippen LogP contribution is 2.15. The summed E-state index contributed by atoms with van der Waals surface area (Å²) >= 11 is 0. The Morgan fingerprint density at radius 1 is 1.21 bits per heavy atom. The van der Waals surface area contributed by atoms with Crippen LogP contribution in [-0.4, -0.2) is 10.4 Å². The molecule has 14 heavy (non-hydrogen) atoms. The van der Waals surface area contributed by atoms with Crippen molar-refractivity contribution >= 4 is 0 Å². The van der Waals surface area contributed by atoms with Crippen LogP contribution in [0.5, 0.6) is 0 Å². The SMILES string of the molecule is CC(C)(C)N(C#N)Cc1ccccc1. The first-order valence-corrected chi connectivity index (χ1v) is 4.75. The fourth-order valence-corrected chi connectivity index (χ4v) is 1.19. The van der Waals surface area contributed by atoms with Crippen LogP contribution in [0.15, 0.2) is 30.3 Å². The van der Waals surface area contributed by atoms with Crippen molar-refractivity contribution < 1.29 is 0 Å². The Bertz CT molecular complexity index is 316. The van der Waals surface area contributed by atoms with Crippen LogP contribution < -0.4 is 0 Å². The van der Waals surface area contributed by atoms with Crippen LogP contribution in [-0.2, 0) is 6.54 Å². The molecule has 1 aromatic rings. The largest absolute Gasteiger partial charge is 0.301 e. The molecule has 0 saturated heterocycles. The molecule has 0 bridgehead atoms. The lowest BCUT2D eigenvalue weighted by molar-refractivity contribution is 0.210. The summed E-state index contributed by atoms with van der Waals surface area (Å²) in [4.78, 5) is 1.78. The van der Waals surface area contributed by atoms with Gasteiger partial charge < -0.3 is 4.90 Å². The summed E-state index contributed by atoms with van der Waals surface area (Å²) in [5.74, 6) is 0. The molecule has 0 aliphatic carbocycles. The van der Waals surface area contributed by atoms with Crippen LogP contribution in [0.1, 0.15) is 26.3 Å². The van der Waals surface area contributed by atoms with Crippen LogP contribution in [0, 0.1) is 11.5 Å². The highest BCUT2D eigenvalue weighted by molar-refractivity contribution is 5.15. The third kappa shape index (κ3) is 2.77. The topological polar surface area (TPSA) is 27.0 Å². The fraction of sp³-hybridized carbons (Fsp3) is 0.417. The van der Waals surface area contributed by atoms with Crippen molar-refractivity contribution in [3.05, 3.63) is 35.9 Å². The lowest BCUT2D eigenvalue weighted by Gasteiger charge is -2.30. The minimum atomic E-state index is -0.107. The Morgan fingerprint density at radius 3 is 2.21 bits per heavy atom. The van der Waals surface area contributed by atoms with Gasteiger partial charge in [0.2, 0.25) is 0 Å². The minimum Gasteiger partial charge on any atom is -0.301 e. The zero-order valence-corrected chi connectivity index (χ0v) is 8.99. The molecule has 1 aromatic carbocycles. The number of hydrogen-bond acceptors (Lipinski definition) is 2. The first kappa shape index (κ1) is 10.6. The molecule has 0 atom stereocenters. The standard InChI is InChI=1S/C12H16N2/c1-12(2,3)14(10-13)9-11-7-5-4-6-8-11/h4-8H,9H2,1-3H3. The van der Waals surface area contributed by atoms with Gasteiger partial charge in [0.05, 0.1) is 6.54 Å². The molecule has 1 rings (SSSR count). The maximum absolute atomic E-state index is 9.00. The van der Waals surface area contributed by atoms with E-state index in [1.165, 1.54) is 5.56 Å². The first-order valence-electron chi connectivity index (χ1n) is 4.75. The van der Waals surface area contributed by atoms with Crippen LogP contribution >= 0.6 is 0 Å². The highest BCUT2D eigenvalue weighted by Gasteiger charge is 2.19. The van der Waals surface area contributed by atoms with Crippen LogP contribution in [0.4, 0.5) is 0 Å². The Kier molecular flexibility index (Phi) is 3.14. The molecule has 0 radical (unpaired) electrons. The number of rotatable bonds is 2. The van der Waals surface area contributed by atoms with Crippen molar-refractivity contribution in [2.75, 3.05) is 0 Å². The smallest absolute Gasteiger partial charge is 0.180 e. The van der Waals surface area contributed by atoms with Gasteiger partial charge in [0.25, 0.3) is 0 Å². The van der Waals surface area contributed by atoms with E-state index in [0.717, 1.165) is 0 Å². The third-order valence-corrected chi connectivity index (χ3v) is 2.11. The van der Waals surface area contributed by atoms with E-state index >= 15 is 0 Å². The quantitative estimate of drug-likeness (QED) is 0.527. The van der Waals surface area contributed by atoms with Crippen molar-refractivity contribution in [3.63, 3.8) is 0 Å². The normalized spacial score (nSPS) is 10.7. The number of nitrogens with zero attached hydrogens (tertiary/aromatic N) is 2. The summed E-state index contributed by atoms with van der Waals surface area (Å²) in [6.45, 7) is 6.80. The molecule has 0 fully saturated rings. The van der Waals surface area contributed by atoms with Gasteiger partial charge in [0.1, 0.15) is 0 Å². The predicted molar refractivity (Wildman–Crippen MR) is 57.4 cm³/mol. The van der Waals surface area contributed by atoms with Crippen molar-refractivity contribution in [2.45, 2.75) is 32.9 Å².